The van der Waals surface area contributed by atoms with E-state index in [0.29, 0.717) is 10.3 Å². The van der Waals surface area contributed by atoms with Gasteiger partial charge < -0.3 is 0 Å². The Morgan fingerprint density at radius 2 is 1.63 bits per heavy atom. The second kappa shape index (κ2) is 7.68. The first-order chi connectivity index (χ1) is 8.21. The van der Waals surface area contributed by atoms with Crippen molar-refractivity contribution in [3.05, 3.63) is 42.0 Å². The van der Waals surface area contributed by atoms with Crippen molar-refractivity contribution in [2.45, 2.75) is 58.3 Å². The molecule has 1 heterocycles. The van der Waals surface area contributed by atoms with Crippen molar-refractivity contribution in [2.75, 3.05) is 0 Å². The van der Waals surface area contributed by atoms with Crippen LogP contribution in [0.1, 0.15) is 47.2 Å². The molecule has 1 rings (SSSR count). The van der Waals surface area contributed by atoms with Crippen LogP contribution in [0, 0.1) is 0 Å². The number of hydrogen-bond acceptors (Lipinski definition) is 1. The average Bonchev–Trinajstić information content (AvgIpc) is 2.22. The summed E-state index contributed by atoms with van der Waals surface area (Å²) in [5, 5.41) is 0.711. The topological polar surface area (TPSA) is 12.9 Å². The normalized spacial score (nSPS) is 12.8. The molecule has 0 aliphatic rings. The van der Waals surface area contributed by atoms with Crippen molar-refractivity contribution < 1.29 is 20.4 Å². The summed E-state index contributed by atoms with van der Waals surface area (Å²) in [6.07, 6.45) is 5.09. The number of allylic oxidation sites excluding steroid dienone is 1. The molecular formula is C16H26NPPd. The summed E-state index contributed by atoms with van der Waals surface area (Å²) in [7, 11) is -0.147. The Bertz CT molecular complexity index is 373. The smallest absolute Gasteiger partial charge is 0.0441 e. The van der Waals surface area contributed by atoms with Gasteiger partial charge in [0.2, 0.25) is 0 Å². The minimum atomic E-state index is -0.147. The van der Waals surface area contributed by atoms with Gasteiger partial charge in [0, 0.05) is 38.7 Å². The molecule has 0 radical (unpaired) electrons. The summed E-state index contributed by atoms with van der Waals surface area (Å²) in [5.41, 5.74) is 1.14. The maximum atomic E-state index is 4.36. The first kappa shape index (κ1) is 19.0. The molecule has 0 amide bonds. The van der Waals surface area contributed by atoms with Crippen LogP contribution in [0.25, 0.3) is 0 Å². The summed E-state index contributed by atoms with van der Waals surface area (Å²) >= 11 is 0. The fraction of sp³-hybridized carbons (Fsp3) is 0.562. The maximum Gasteiger partial charge on any atom is 0.0441 e. The van der Waals surface area contributed by atoms with Crippen LogP contribution in [0.2, 0.25) is 0 Å². The summed E-state index contributed by atoms with van der Waals surface area (Å²) < 4.78 is 0. The van der Waals surface area contributed by atoms with E-state index in [-0.39, 0.29) is 28.3 Å². The molecule has 0 unspecified atom stereocenters. The molecule has 0 saturated carbocycles. The van der Waals surface area contributed by atoms with E-state index >= 15 is 0 Å². The van der Waals surface area contributed by atoms with Gasteiger partial charge >= 0.3 is 0 Å². The molecule has 1 nitrogen and oxygen atoms in total. The Morgan fingerprint density at radius 3 is 2.05 bits per heavy atom. The Hall–Kier alpha value is -0.0177. The van der Waals surface area contributed by atoms with Crippen LogP contribution in [0.15, 0.2) is 36.3 Å². The van der Waals surface area contributed by atoms with E-state index in [4.69, 9.17) is 0 Å². The zero-order valence-electron chi connectivity index (χ0n) is 12.9. The average molecular weight is 370 g/mol. The van der Waals surface area contributed by atoms with Crippen LogP contribution in [0.5, 0.6) is 0 Å². The van der Waals surface area contributed by atoms with Gasteiger partial charge in [-0.3, -0.25) is 4.98 Å². The maximum absolute atomic E-state index is 4.36. The predicted octanol–water partition coefficient (Wildman–Crippen LogP) is 5.21. The van der Waals surface area contributed by atoms with Gasteiger partial charge in [-0.15, -0.1) is 0 Å². The van der Waals surface area contributed by atoms with E-state index < -0.39 is 0 Å². The monoisotopic (exact) mass is 369 g/mol. The van der Waals surface area contributed by atoms with Gasteiger partial charge in [0.1, 0.15) is 0 Å². The second-order valence-corrected chi connectivity index (χ2v) is 10.3. The molecule has 0 aliphatic carbocycles. The molecule has 3 heteroatoms. The van der Waals surface area contributed by atoms with E-state index in [1.165, 1.54) is 0 Å². The van der Waals surface area contributed by atoms with E-state index in [0.717, 1.165) is 12.1 Å². The first-order valence-corrected chi connectivity index (χ1v) is 7.98. The van der Waals surface area contributed by atoms with Gasteiger partial charge in [-0.25, -0.2) is 0 Å². The van der Waals surface area contributed by atoms with Gasteiger partial charge in [0.25, 0.3) is 0 Å². The zero-order chi connectivity index (χ0) is 13.8. The van der Waals surface area contributed by atoms with Crippen molar-refractivity contribution in [3.8, 4) is 0 Å². The Morgan fingerprint density at radius 1 is 1.05 bits per heavy atom. The minimum absolute atomic E-state index is 0. The summed E-state index contributed by atoms with van der Waals surface area (Å²) in [4.78, 5) is 4.36. The minimum Gasteiger partial charge on any atom is -0.261 e. The second-order valence-electron chi connectivity index (χ2n) is 6.62. The van der Waals surface area contributed by atoms with E-state index in [1.54, 1.807) is 0 Å². The van der Waals surface area contributed by atoms with Gasteiger partial charge in [-0.2, -0.15) is 0 Å². The largest absolute Gasteiger partial charge is 0.261 e. The van der Waals surface area contributed by atoms with Crippen LogP contribution in [0.4, 0.5) is 0 Å². The summed E-state index contributed by atoms with van der Waals surface area (Å²) in [6, 6.07) is 6.09. The van der Waals surface area contributed by atoms with Crippen LogP contribution in [-0.2, 0) is 26.8 Å². The molecule has 0 aromatic carbocycles. The third kappa shape index (κ3) is 6.80. The van der Waals surface area contributed by atoms with Crippen LogP contribution >= 0.6 is 7.92 Å². The molecule has 0 saturated heterocycles. The van der Waals surface area contributed by atoms with Crippen molar-refractivity contribution in [2.24, 2.45) is 0 Å². The molecule has 1 aromatic heterocycles. The number of nitrogens with zero attached hydrogens (tertiary/aromatic N) is 1. The predicted molar refractivity (Wildman–Crippen MR) is 83.5 cm³/mol. The Kier molecular flexibility index (Phi) is 7.68. The first-order valence-electron chi connectivity index (χ1n) is 6.57. The van der Waals surface area contributed by atoms with Crippen molar-refractivity contribution in [3.63, 3.8) is 0 Å². The third-order valence-corrected chi connectivity index (χ3v) is 6.15. The van der Waals surface area contributed by atoms with E-state index in [1.807, 2.05) is 18.3 Å². The quantitative estimate of drug-likeness (QED) is 0.526. The van der Waals surface area contributed by atoms with Crippen molar-refractivity contribution in [1.29, 1.82) is 0 Å². The molecule has 0 bridgehead atoms. The molecule has 0 atom stereocenters. The summed E-state index contributed by atoms with van der Waals surface area (Å²) in [6.45, 7) is 14.1. The van der Waals surface area contributed by atoms with Crippen LogP contribution < -0.4 is 0 Å². The standard InChI is InChI=1S/C16H26NP.Pd/c1-15(2,3)18(16(4,5)6)13-9-11-14-10-7-8-12-17-14;/h7-10,12-13H,11H2,1-6H3;. The van der Waals surface area contributed by atoms with E-state index in [9.17, 15) is 0 Å². The van der Waals surface area contributed by atoms with Crippen LogP contribution in [-0.4, -0.2) is 15.3 Å². The van der Waals surface area contributed by atoms with Gasteiger partial charge in [-0.05, 0) is 22.4 Å². The molecule has 0 N–H and O–H groups in total. The molecule has 0 fully saturated rings. The molecule has 1 aromatic rings. The fourth-order valence-corrected chi connectivity index (χ4v) is 5.47. The molecule has 19 heavy (non-hydrogen) atoms. The van der Waals surface area contributed by atoms with Crippen molar-refractivity contribution >= 4 is 7.92 Å². The number of rotatable bonds is 3. The SMILES string of the molecule is CC(C)(C)P(C=CCc1ccccn1)C(C)(C)C.[Pd]. The Balaban J connectivity index is 0.00000324. The van der Waals surface area contributed by atoms with Crippen LogP contribution in [0.3, 0.4) is 0 Å². The van der Waals surface area contributed by atoms with Gasteiger partial charge in [-0.1, -0.05) is 67.4 Å². The van der Waals surface area contributed by atoms with Crippen molar-refractivity contribution in [1.82, 2.24) is 4.98 Å². The number of pyridine rings is 1. The molecule has 0 aliphatic heterocycles. The molecule has 110 valence electrons. The third-order valence-electron chi connectivity index (χ3n) is 2.75. The van der Waals surface area contributed by atoms with Gasteiger partial charge in [0.15, 0.2) is 0 Å². The summed E-state index contributed by atoms with van der Waals surface area (Å²) in [5.74, 6) is 2.43. The zero-order valence-corrected chi connectivity index (χ0v) is 15.3. The fourth-order valence-electron chi connectivity index (χ4n) is 2.25. The molecular weight excluding hydrogens is 344 g/mol. The Labute approximate surface area is 133 Å². The number of aromatic nitrogens is 1. The molecule has 0 spiro atoms. The van der Waals surface area contributed by atoms with Gasteiger partial charge in [0.05, 0.1) is 0 Å². The number of hydrogen-bond donors (Lipinski definition) is 0. The van der Waals surface area contributed by atoms with E-state index in [2.05, 4.69) is 64.5 Å².